The molecule has 30 heavy (non-hydrogen) atoms. The van der Waals surface area contributed by atoms with E-state index in [0.717, 1.165) is 0 Å². The summed E-state index contributed by atoms with van der Waals surface area (Å²) in [5, 5.41) is 20.4. The fourth-order valence-electron chi connectivity index (χ4n) is 3.98. The van der Waals surface area contributed by atoms with Crippen LogP contribution in [0, 0.1) is 23.1 Å². The highest BCUT2D eigenvalue weighted by atomic mass is 19.1. The Morgan fingerprint density at radius 3 is 2.87 bits per heavy atom. The number of rotatable bonds is 5. The van der Waals surface area contributed by atoms with Crippen molar-refractivity contribution in [2.24, 2.45) is 5.92 Å². The molecule has 0 bridgehead atoms. The molecule has 1 aromatic heterocycles. The van der Waals surface area contributed by atoms with Crippen molar-refractivity contribution < 1.29 is 13.9 Å². The van der Waals surface area contributed by atoms with Gasteiger partial charge in [-0.1, -0.05) is 12.1 Å². The molecule has 0 spiro atoms. The van der Waals surface area contributed by atoms with Crippen molar-refractivity contribution in [2.75, 3.05) is 24.8 Å². The van der Waals surface area contributed by atoms with Crippen LogP contribution in [0.5, 0.6) is 5.75 Å². The number of fused-ring (bicyclic) bond motifs is 1. The van der Waals surface area contributed by atoms with E-state index in [9.17, 15) is 9.18 Å². The Bertz CT molecular complexity index is 995. The third-order valence-corrected chi connectivity index (χ3v) is 5.31. The zero-order valence-electron chi connectivity index (χ0n) is 16.5. The van der Waals surface area contributed by atoms with E-state index < -0.39 is 11.7 Å². The molecule has 0 aliphatic carbocycles. The first-order chi connectivity index (χ1) is 14.5. The highest BCUT2D eigenvalue weighted by Crippen LogP contribution is 2.33. The molecule has 1 amide bonds. The number of halogens is 1. The predicted octanol–water partition coefficient (Wildman–Crippen LogP) is 1.23. The first-order valence-corrected chi connectivity index (χ1v) is 9.52. The number of benzene rings is 1. The van der Waals surface area contributed by atoms with Crippen molar-refractivity contribution in [3.8, 4) is 11.8 Å². The number of carbonyl (C=O) groups is 1. The number of hydrogen-bond donors (Lipinski definition) is 4. The number of nitriles is 1. The molecule has 1 aromatic carbocycles. The Kier molecular flexibility index (Phi) is 5.39. The van der Waals surface area contributed by atoms with Gasteiger partial charge in [-0.15, -0.1) is 0 Å². The molecule has 2 fully saturated rings. The number of para-hydroxylation sites is 1. The van der Waals surface area contributed by atoms with Crippen molar-refractivity contribution >= 4 is 17.4 Å². The number of amides is 1. The lowest BCUT2D eigenvalue weighted by Crippen LogP contribution is -2.60. The molecule has 0 saturated carbocycles. The number of anilines is 2. The van der Waals surface area contributed by atoms with Gasteiger partial charge in [0, 0.05) is 19.5 Å². The van der Waals surface area contributed by atoms with Crippen molar-refractivity contribution in [1.29, 1.82) is 5.26 Å². The molecule has 4 unspecified atom stereocenters. The van der Waals surface area contributed by atoms with Crippen LogP contribution in [0.1, 0.15) is 12.1 Å². The number of piperidine rings is 1. The van der Waals surface area contributed by atoms with Crippen LogP contribution in [0.15, 0.2) is 36.4 Å². The van der Waals surface area contributed by atoms with Gasteiger partial charge in [0.05, 0.1) is 31.0 Å². The maximum atomic E-state index is 14.1. The SMILES string of the molecule is COc1c(F)cccc1NC1CC(Nc2cccc(C#N)n2)NC2NN(C)C(=O)C12. The molecule has 3 heterocycles. The second kappa shape index (κ2) is 8.14. The van der Waals surface area contributed by atoms with Gasteiger partial charge in [-0.3, -0.25) is 15.1 Å². The molecule has 10 heteroatoms. The predicted molar refractivity (Wildman–Crippen MR) is 108 cm³/mol. The number of nitrogens with zero attached hydrogens (tertiary/aromatic N) is 3. The summed E-state index contributed by atoms with van der Waals surface area (Å²) in [7, 11) is 3.08. The fourth-order valence-corrected chi connectivity index (χ4v) is 3.98. The van der Waals surface area contributed by atoms with Crippen LogP contribution in [0.25, 0.3) is 0 Å². The van der Waals surface area contributed by atoms with Crippen LogP contribution in [-0.4, -0.2) is 48.4 Å². The molecule has 2 aliphatic heterocycles. The Labute approximate surface area is 173 Å². The van der Waals surface area contributed by atoms with Gasteiger partial charge >= 0.3 is 0 Å². The maximum absolute atomic E-state index is 14.1. The lowest BCUT2D eigenvalue weighted by molar-refractivity contribution is -0.131. The van der Waals surface area contributed by atoms with E-state index in [2.05, 4.69) is 26.4 Å². The van der Waals surface area contributed by atoms with Crippen LogP contribution in [0.2, 0.25) is 0 Å². The summed E-state index contributed by atoms with van der Waals surface area (Å²) in [4.78, 5) is 17.0. The summed E-state index contributed by atoms with van der Waals surface area (Å²) in [5.74, 6) is -0.298. The minimum atomic E-state index is -0.479. The van der Waals surface area contributed by atoms with Crippen molar-refractivity contribution in [1.82, 2.24) is 20.7 Å². The number of ether oxygens (including phenoxy) is 1. The molecule has 2 aliphatic rings. The number of nitrogens with one attached hydrogen (secondary N) is 4. The van der Waals surface area contributed by atoms with Gasteiger partial charge in [0.25, 0.3) is 0 Å². The molecule has 4 rings (SSSR count). The number of hydrogen-bond acceptors (Lipinski definition) is 8. The molecule has 4 N–H and O–H groups in total. The number of pyridine rings is 1. The summed E-state index contributed by atoms with van der Waals surface area (Å²) >= 11 is 0. The van der Waals surface area contributed by atoms with Crippen LogP contribution in [-0.2, 0) is 4.79 Å². The summed E-state index contributed by atoms with van der Waals surface area (Å²) in [6.07, 6.45) is -0.0814. The van der Waals surface area contributed by atoms with Gasteiger partial charge < -0.3 is 15.4 Å². The van der Waals surface area contributed by atoms with Gasteiger partial charge in [-0.2, -0.15) is 5.26 Å². The van der Waals surface area contributed by atoms with Crippen LogP contribution in [0.4, 0.5) is 15.9 Å². The van der Waals surface area contributed by atoms with Crippen molar-refractivity contribution in [3.05, 3.63) is 47.9 Å². The summed E-state index contributed by atoms with van der Waals surface area (Å²) in [6, 6.07) is 11.5. The third kappa shape index (κ3) is 3.72. The Morgan fingerprint density at radius 1 is 1.30 bits per heavy atom. The largest absolute Gasteiger partial charge is 0.492 e. The number of carbonyl (C=O) groups excluding carboxylic acids is 1. The second-order valence-corrected chi connectivity index (χ2v) is 7.22. The molecule has 2 saturated heterocycles. The first kappa shape index (κ1) is 19.9. The zero-order chi connectivity index (χ0) is 21.3. The lowest BCUT2D eigenvalue weighted by Gasteiger charge is -2.39. The third-order valence-electron chi connectivity index (χ3n) is 5.31. The molecule has 156 valence electrons. The average molecular weight is 411 g/mol. The molecule has 2 aromatic rings. The molecule has 0 radical (unpaired) electrons. The Morgan fingerprint density at radius 2 is 2.10 bits per heavy atom. The van der Waals surface area contributed by atoms with E-state index in [0.29, 0.717) is 23.6 Å². The first-order valence-electron chi connectivity index (χ1n) is 9.52. The van der Waals surface area contributed by atoms with Crippen LogP contribution < -0.4 is 26.1 Å². The monoisotopic (exact) mass is 411 g/mol. The second-order valence-electron chi connectivity index (χ2n) is 7.22. The minimum absolute atomic E-state index is 0.0663. The standard InChI is InChI=1S/C20H22FN7O2/c1-28-20(29)17-14(24-13-7-4-6-12(21)18(13)30-2)9-16(26-19(17)27-28)25-15-8-3-5-11(10-22)23-15/h3-8,14,16-17,19,24,26-27H,9H2,1-2H3,(H,23,25). The fraction of sp³-hybridized carbons (Fsp3) is 0.350. The average Bonchev–Trinajstić information content (AvgIpc) is 3.02. The van der Waals surface area contributed by atoms with E-state index in [1.54, 1.807) is 37.4 Å². The van der Waals surface area contributed by atoms with Gasteiger partial charge in [0.1, 0.15) is 17.6 Å². The lowest BCUT2D eigenvalue weighted by atomic mass is 9.88. The van der Waals surface area contributed by atoms with Gasteiger partial charge in [0.15, 0.2) is 11.6 Å². The van der Waals surface area contributed by atoms with E-state index in [1.165, 1.54) is 18.2 Å². The van der Waals surface area contributed by atoms with E-state index in [1.807, 2.05) is 6.07 Å². The van der Waals surface area contributed by atoms with Gasteiger partial charge in [-0.05, 0) is 24.3 Å². The summed E-state index contributed by atoms with van der Waals surface area (Å²) in [5.41, 5.74) is 3.90. The van der Waals surface area contributed by atoms with Gasteiger partial charge in [-0.25, -0.2) is 14.8 Å². The summed E-state index contributed by atoms with van der Waals surface area (Å²) in [6.45, 7) is 0. The topological polar surface area (TPSA) is 114 Å². The molecule has 4 atom stereocenters. The maximum Gasteiger partial charge on any atom is 0.244 e. The zero-order valence-corrected chi connectivity index (χ0v) is 16.5. The highest BCUT2D eigenvalue weighted by Gasteiger charge is 2.48. The van der Waals surface area contributed by atoms with E-state index in [4.69, 9.17) is 10.00 Å². The minimum Gasteiger partial charge on any atom is -0.492 e. The molecular weight excluding hydrogens is 389 g/mol. The highest BCUT2D eigenvalue weighted by molar-refractivity contribution is 5.82. The smallest absolute Gasteiger partial charge is 0.244 e. The van der Waals surface area contributed by atoms with Crippen LogP contribution in [0.3, 0.4) is 0 Å². The Hall–Kier alpha value is -3.42. The van der Waals surface area contributed by atoms with E-state index >= 15 is 0 Å². The molecular formula is C20H22FN7O2. The van der Waals surface area contributed by atoms with Crippen molar-refractivity contribution in [3.63, 3.8) is 0 Å². The molecule has 9 nitrogen and oxygen atoms in total. The summed E-state index contributed by atoms with van der Waals surface area (Å²) < 4.78 is 19.3. The Balaban J connectivity index is 1.59. The number of hydrazine groups is 1. The number of methoxy groups -OCH3 is 1. The quantitative estimate of drug-likeness (QED) is 0.581. The van der Waals surface area contributed by atoms with Crippen molar-refractivity contribution in [2.45, 2.75) is 24.8 Å². The number of aromatic nitrogens is 1. The van der Waals surface area contributed by atoms with E-state index in [-0.39, 0.29) is 30.0 Å². The normalized spacial score (nSPS) is 25.4. The van der Waals surface area contributed by atoms with Gasteiger partial charge in [0.2, 0.25) is 5.91 Å². The van der Waals surface area contributed by atoms with Crippen LogP contribution >= 0.6 is 0 Å².